The van der Waals surface area contributed by atoms with Gasteiger partial charge in [-0.25, -0.2) is 0 Å². The molecule has 178 valence electrons. The van der Waals surface area contributed by atoms with Crippen molar-refractivity contribution >= 4 is 40.3 Å². The van der Waals surface area contributed by atoms with Crippen LogP contribution in [0.5, 0.6) is 0 Å². The molecule has 0 bridgehead atoms. The molecule has 0 unspecified atom stereocenters. The van der Waals surface area contributed by atoms with Gasteiger partial charge in [0.15, 0.2) is 0 Å². The molecule has 4 aromatic rings. The maximum absolute atomic E-state index is 2.65. The first-order valence-corrected chi connectivity index (χ1v) is 12.5. The van der Waals surface area contributed by atoms with Gasteiger partial charge in [-0.15, -0.1) is 12.4 Å². The maximum Gasteiger partial charge on any atom is 0.0491 e. The molecule has 3 aromatic carbocycles. The zero-order chi connectivity index (χ0) is 22.3. The Labute approximate surface area is 210 Å². The first kappa shape index (κ1) is 24.5. The van der Waals surface area contributed by atoms with Crippen molar-refractivity contribution in [1.29, 1.82) is 0 Å². The molecule has 1 aromatic heterocycles. The highest BCUT2D eigenvalue weighted by atomic mass is 35.5. The summed E-state index contributed by atoms with van der Waals surface area (Å²) in [4.78, 5) is 5.22. The minimum absolute atomic E-state index is 0. The summed E-state index contributed by atoms with van der Waals surface area (Å²) in [5.74, 6) is 0. The van der Waals surface area contributed by atoms with Crippen molar-refractivity contribution in [2.24, 2.45) is 0 Å². The van der Waals surface area contributed by atoms with Crippen LogP contribution in [0.4, 0.5) is 0 Å². The first-order valence-electron chi connectivity index (χ1n) is 12.5. The lowest BCUT2D eigenvalue weighted by Gasteiger charge is -2.34. The van der Waals surface area contributed by atoms with Crippen molar-refractivity contribution in [2.75, 3.05) is 39.3 Å². The van der Waals surface area contributed by atoms with Gasteiger partial charge in [-0.1, -0.05) is 85.3 Å². The number of hydrogen-bond donors (Lipinski definition) is 0. The van der Waals surface area contributed by atoms with Gasteiger partial charge in [-0.05, 0) is 37.1 Å². The van der Waals surface area contributed by atoms with E-state index in [2.05, 4.69) is 105 Å². The van der Waals surface area contributed by atoms with Crippen LogP contribution in [-0.4, -0.2) is 53.6 Å². The summed E-state index contributed by atoms with van der Waals surface area (Å²) in [5, 5.41) is 2.76. The quantitative estimate of drug-likeness (QED) is 0.250. The second-order valence-electron chi connectivity index (χ2n) is 9.20. The number of fused-ring (bicyclic) bond motifs is 3. The van der Waals surface area contributed by atoms with Crippen molar-refractivity contribution in [1.82, 2.24) is 14.4 Å². The number of aromatic nitrogens is 1. The van der Waals surface area contributed by atoms with Crippen LogP contribution < -0.4 is 0 Å². The Morgan fingerprint density at radius 2 is 1.15 bits per heavy atom. The fourth-order valence-corrected chi connectivity index (χ4v) is 5.12. The number of para-hydroxylation sites is 2. The summed E-state index contributed by atoms with van der Waals surface area (Å²) in [5.41, 5.74) is 4.03. The number of benzene rings is 3. The predicted molar refractivity (Wildman–Crippen MR) is 149 cm³/mol. The van der Waals surface area contributed by atoms with E-state index >= 15 is 0 Å². The van der Waals surface area contributed by atoms with Gasteiger partial charge in [-0.2, -0.15) is 0 Å². The largest absolute Gasteiger partial charge is 0.340 e. The van der Waals surface area contributed by atoms with Crippen LogP contribution in [0.15, 0.2) is 84.9 Å². The van der Waals surface area contributed by atoms with E-state index in [1.54, 1.807) is 0 Å². The molecule has 2 heterocycles. The molecular weight excluding hydrogens is 438 g/mol. The molecule has 3 nitrogen and oxygen atoms in total. The van der Waals surface area contributed by atoms with Crippen molar-refractivity contribution in [2.45, 2.75) is 25.8 Å². The smallest absolute Gasteiger partial charge is 0.0491 e. The minimum atomic E-state index is 0. The molecule has 1 fully saturated rings. The van der Waals surface area contributed by atoms with Crippen molar-refractivity contribution < 1.29 is 0 Å². The second-order valence-corrected chi connectivity index (χ2v) is 9.20. The van der Waals surface area contributed by atoms with Crippen LogP contribution in [0.1, 0.15) is 24.8 Å². The van der Waals surface area contributed by atoms with Crippen molar-refractivity contribution in [3.8, 4) is 0 Å². The number of aryl methyl sites for hydroxylation is 1. The van der Waals surface area contributed by atoms with Crippen molar-refractivity contribution in [3.05, 3.63) is 90.5 Å². The normalized spacial score (nSPS) is 15.3. The summed E-state index contributed by atoms with van der Waals surface area (Å²) in [7, 11) is 0. The summed E-state index contributed by atoms with van der Waals surface area (Å²) >= 11 is 0. The van der Waals surface area contributed by atoms with E-state index in [-0.39, 0.29) is 12.4 Å². The minimum Gasteiger partial charge on any atom is -0.340 e. The molecule has 1 aliphatic heterocycles. The van der Waals surface area contributed by atoms with Gasteiger partial charge in [0.2, 0.25) is 0 Å². The lowest BCUT2D eigenvalue weighted by Crippen LogP contribution is -2.46. The van der Waals surface area contributed by atoms with E-state index < -0.39 is 0 Å². The SMILES string of the molecule is C(=C\c1ccccc1)/CN1CCN(CCCCCn2c3ccccc3c3ccccc32)CC1.Cl. The molecule has 0 radical (unpaired) electrons. The molecule has 1 aliphatic rings. The maximum atomic E-state index is 2.65. The van der Waals surface area contributed by atoms with Crippen LogP contribution in [-0.2, 0) is 6.54 Å². The number of halogens is 1. The highest BCUT2D eigenvalue weighted by Crippen LogP contribution is 2.29. The molecule has 0 saturated carbocycles. The van der Waals surface area contributed by atoms with Crippen LogP contribution in [0.25, 0.3) is 27.9 Å². The molecule has 5 rings (SSSR count). The summed E-state index contributed by atoms with van der Waals surface area (Å²) in [6.45, 7) is 8.16. The number of rotatable bonds is 9. The van der Waals surface area contributed by atoms with Gasteiger partial charge >= 0.3 is 0 Å². The number of hydrogen-bond acceptors (Lipinski definition) is 2. The zero-order valence-corrected chi connectivity index (χ0v) is 20.8. The Kier molecular flexibility index (Phi) is 8.81. The number of piperazine rings is 1. The van der Waals surface area contributed by atoms with Gasteiger partial charge in [-0.3, -0.25) is 4.90 Å². The van der Waals surface area contributed by atoms with E-state index in [1.165, 1.54) is 79.4 Å². The monoisotopic (exact) mass is 473 g/mol. The van der Waals surface area contributed by atoms with Crippen LogP contribution in [0.2, 0.25) is 0 Å². The Bertz CT molecular complexity index is 1140. The number of nitrogens with zero attached hydrogens (tertiary/aromatic N) is 3. The highest BCUT2D eigenvalue weighted by Gasteiger charge is 2.15. The third-order valence-corrected chi connectivity index (χ3v) is 6.97. The van der Waals surface area contributed by atoms with Crippen LogP contribution in [0.3, 0.4) is 0 Å². The Morgan fingerprint density at radius 1 is 0.588 bits per heavy atom. The zero-order valence-electron chi connectivity index (χ0n) is 20.0. The molecule has 0 atom stereocenters. The number of unbranched alkanes of at least 4 members (excludes halogenated alkanes) is 2. The highest BCUT2D eigenvalue weighted by molar-refractivity contribution is 6.07. The van der Waals surface area contributed by atoms with Gasteiger partial charge in [0.05, 0.1) is 0 Å². The Hall–Kier alpha value is -2.59. The third-order valence-electron chi connectivity index (χ3n) is 6.97. The molecule has 1 saturated heterocycles. The molecule has 0 spiro atoms. The Balaban J connectivity index is 0.00000274. The standard InChI is InChI=1S/C30H35N3.ClH/c1-3-12-26(13-4-1)14-11-20-32-24-22-31(23-25-32)19-9-2-10-21-33-29-17-7-5-15-27(29)28-16-6-8-18-30(28)33;/h1,3-8,11-18H,2,9-10,19-25H2;1H/b14-11+;. The molecule has 0 amide bonds. The molecule has 34 heavy (non-hydrogen) atoms. The lowest BCUT2D eigenvalue weighted by molar-refractivity contribution is 0.140. The molecule has 0 aliphatic carbocycles. The summed E-state index contributed by atoms with van der Waals surface area (Å²) in [6, 6.07) is 28.3. The predicted octanol–water partition coefficient (Wildman–Crippen LogP) is 6.72. The van der Waals surface area contributed by atoms with Gasteiger partial charge < -0.3 is 9.47 Å². The Morgan fingerprint density at radius 3 is 1.82 bits per heavy atom. The third kappa shape index (κ3) is 5.90. The molecule has 0 N–H and O–H groups in total. The average Bonchev–Trinajstić information content (AvgIpc) is 3.19. The van der Waals surface area contributed by atoms with E-state index in [9.17, 15) is 0 Å². The van der Waals surface area contributed by atoms with E-state index in [4.69, 9.17) is 0 Å². The summed E-state index contributed by atoms with van der Waals surface area (Å²) in [6.07, 6.45) is 8.38. The molecule has 4 heteroatoms. The second kappa shape index (κ2) is 12.2. The van der Waals surface area contributed by atoms with Gasteiger partial charge in [0, 0.05) is 61.1 Å². The van der Waals surface area contributed by atoms with E-state index in [1.807, 2.05) is 0 Å². The first-order chi connectivity index (χ1) is 16.4. The van der Waals surface area contributed by atoms with E-state index in [0.717, 1.165) is 13.1 Å². The topological polar surface area (TPSA) is 11.4 Å². The van der Waals surface area contributed by atoms with Crippen molar-refractivity contribution in [3.63, 3.8) is 0 Å². The summed E-state index contributed by atoms with van der Waals surface area (Å²) < 4.78 is 2.52. The average molecular weight is 474 g/mol. The van der Waals surface area contributed by atoms with Gasteiger partial charge in [0.1, 0.15) is 0 Å². The van der Waals surface area contributed by atoms with Gasteiger partial charge in [0.25, 0.3) is 0 Å². The van der Waals surface area contributed by atoms with Crippen LogP contribution in [0, 0.1) is 0 Å². The van der Waals surface area contributed by atoms with Crippen LogP contribution >= 0.6 is 12.4 Å². The fourth-order valence-electron chi connectivity index (χ4n) is 5.12. The van der Waals surface area contributed by atoms with E-state index in [0.29, 0.717) is 0 Å². The lowest BCUT2D eigenvalue weighted by atomic mass is 10.2. The molecular formula is C30H36ClN3. The fraction of sp³-hybridized carbons (Fsp3) is 0.333.